The van der Waals surface area contributed by atoms with Gasteiger partial charge in [0.1, 0.15) is 11.7 Å². The number of hydrogen-bond acceptors (Lipinski definition) is 8. The Morgan fingerprint density at radius 3 is 2.54 bits per heavy atom. The SMILES string of the molecule is C/C=C(\C)C(=O)[C@@H]1C2C(=CC[C@H]2c2ccoc2)C(/C=C2\C=C(C)[C@@H](CC(=O)OC)C(C)(C)OC2=O)=C[C@H]1OC(C)=O. The first-order valence-corrected chi connectivity index (χ1v) is 13.9. The van der Waals surface area contributed by atoms with E-state index in [-0.39, 0.29) is 30.0 Å². The molecule has 0 fully saturated rings. The third-order valence-corrected chi connectivity index (χ3v) is 8.47. The van der Waals surface area contributed by atoms with Gasteiger partial charge in [-0.3, -0.25) is 14.4 Å². The van der Waals surface area contributed by atoms with Crippen LogP contribution in [0.4, 0.5) is 0 Å². The Morgan fingerprint density at radius 2 is 1.93 bits per heavy atom. The molecule has 0 bridgehead atoms. The van der Waals surface area contributed by atoms with E-state index in [9.17, 15) is 19.2 Å². The van der Waals surface area contributed by atoms with Gasteiger partial charge >= 0.3 is 17.9 Å². The van der Waals surface area contributed by atoms with Gasteiger partial charge in [-0.05, 0) is 93.5 Å². The number of fused-ring (bicyclic) bond motifs is 1. The lowest BCUT2D eigenvalue weighted by Gasteiger charge is -2.38. The third-order valence-electron chi connectivity index (χ3n) is 8.47. The summed E-state index contributed by atoms with van der Waals surface area (Å²) in [6.07, 6.45) is 12.3. The number of carbonyl (C=O) groups is 4. The number of carbonyl (C=O) groups excluding carboxylic acids is 4. The maximum Gasteiger partial charge on any atom is 0.338 e. The van der Waals surface area contributed by atoms with E-state index in [1.165, 1.54) is 14.0 Å². The van der Waals surface area contributed by atoms with Crippen LogP contribution in [0.25, 0.3) is 0 Å². The zero-order valence-electron chi connectivity index (χ0n) is 24.7. The van der Waals surface area contributed by atoms with Gasteiger partial charge in [0.15, 0.2) is 5.78 Å². The Balaban J connectivity index is 1.85. The highest BCUT2D eigenvalue weighted by molar-refractivity contribution is 5.98. The third kappa shape index (κ3) is 6.06. The van der Waals surface area contributed by atoms with E-state index in [2.05, 4.69) is 6.08 Å². The lowest BCUT2D eigenvalue weighted by Crippen LogP contribution is -2.42. The number of furan rings is 1. The maximum absolute atomic E-state index is 13.8. The topological polar surface area (TPSA) is 109 Å². The number of cyclic esters (lactones) is 1. The molecule has 1 unspecified atom stereocenters. The standard InChI is InChI=1S/C33H38O8/c1-8-18(2)31(36)30-27(40-20(4)34)15-22(25-10-9-24(29(25)30)21-11-12-39-17-21)14-23-13-19(3)26(16-28(35)38-7)33(5,6)41-32(23)37/h8,10-15,17,24,26-27,29-30H,9,16H2,1-7H3/b18-8+,23-14+/t24-,26+,27+,29?,30-/m0/s1. The van der Waals surface area contributed by atoms with Crippen molar-refractivity contribution in [2.45, 2.75) is 72.0 Å². The highest BCUT2D eigenvalue weighted by atomic mass is 16.6. The van der Waals surface area contributed by atoms with Gasteiger partial charge in [-0.25, -0.2) is 4.79 Å². The second-order valence-electron chi connectivity index (χ2n) is 11.5. The molecule has 1 aliphatic heterocycles. The van der Waals surface area contributed by atoms with Gasteiger partial charge in [0.25, 0.3) is 0 Å². The minimum Gasteiger partial charge on any atom is -0.472 e. The number of hydrogen-bond donors (Lipinski definition) is 0. The van der Waals surface area contributed by atoms with E-state index < -0.39 is 35.5 Å². The minimum atomic E-state index is -0.953. The van der Waals surface area contributed by atoms with Crippen molar-refractivity contribution in [3.63, 3.8) is 0 Å². The Morgan fingerprint density at radius 1 is 1.20 bits per heavy atom. The van der Waals surface area contributed by atoms with Crippen molar-refractivity contribution in [2.75, 3.05) is 7.11 Å². The summed E-state index contributed by atoms with van der Waals surface area (Å²) in [5, 5.41) is 0. The Hall–Kier alpha value is -3.94. The number of rotatable bonds is 7. The molecule has 0 radical (unpaired) electrons. The number of ether oxygens (including phenoxy) is 3. The molecule has 2 aliphatic carbocycles. The maximum atomic E-state index is 13.8. The van der Waals surface area contributed by atoms with Crippen LogP contribution in [0, 0.1) is 17.8 Å². The summed E-state index contributed by atoms with van der Waals surface area (Å²) >= 11 is 0. The van der Waals surface area contributed by atoms with Crippen LogP contribution in [-0.2, 0) is 33.4 Å². The summed E-state index contributed by atoms with van der Waals surface area (Å²) in [6, 6.07) is 1.89. The van der Waals surface area contributed by atoms with E-state index in [0.717, 1.165) is 16.7 Å². The van der Waals surface area contributed by atoms with Crippen LogP contribution in [0.5, 0.6) is 0 Å². The summed E-state index contributed by atoms with van der Waals surface area (Å²) in [5.41, 5.74) is 3.28. The van der Waals surface area contributed by atoms with Crippen LogP contribution in [0.15, 0.2) is 81.3 Å². The lowest BCUT2D eigenvalue weighted by molar-refractivity contribution is -0.158. The molecule has 5 atom stereocenters. The lowest BCUT2D eigenvalue weighted by atomic mass is 9.67. The molecule has 8 heteroatoms. The van der Waals surface area contributed by atoms with Crippen LogP contribution < -0.4 is 0 Å². The molecule has 41 heavy (non-hydrogen) atoms. The molecule has 0 amide bonds. The van der Waals surface area contributed by atoms with E-state index in [1.807, 2.05) is 19.9 Å². The summed E-state index contributed by atoms with van der Waals surface area (Å²) in [4.78, 5) is 51.5. The summed E-state index contributed by atoms with van der Waals surface area (Å²) in [7, 11) is 1.33. The van der Waals surface area contributed by atoms with Crippen LogP contribution >= 0.6 is 0 Å². The summed E-state index contributed by atoms with van der Waals surface area (Å²) < 4.78 is 21.9. The Labute approximate surface area is 240 Å². The second kappa shape index (κ2) is 11.9. The average Bonchev–Trinajstić information content (AvgIpc) is 3.58. The molecule has 2 heterocycles. The van der Waals surface area contributed by atoms with Crippen molar-refractivity contribution in [3.05, 3.63) is 82.4 Å². The van der Waals surface area contributed by atoms with Crippen LogP contribution in [0.2, 0.25) is 0 Å². The highest BCUT2D eigenvalue weighted by Crippen LogP contribution is 2.52. The molecule has 0 N–H and O–H groups in total. The zero-order valence-corrected chi connectivity index (χ0v) is 24.7. The van der Waals surface area contributed by atoms with Gasteiger partial charge in [0.2, 0.25) is 0 Å². The van der Waals surface area contributed by atoms with Crippen molar-refractivity contribution < 1.29 is 37.8 Å². The highest BCUT2D eigenvalue weighted by Gasteiger charge is 2.49. The van der Waals surface area contributed by atoms with Crippen molar-refractivity contribution in [2.24, 2.45) is 17.8 Å². The molecule has 8 nitrogen and oxygen atoms in total. The van der Waals surface area contributed by atoms with Crippen LogP contribution in [-0.4, -0.2) is 42.5 Å². The smallest absolute Gasteiger partial charge is 0.338 e. The molecule has 3 aliphatic rings. The van der Waals surface area contributed by atoms with Gasteiger partial charge in [0.05, 0.1) is 37.5 Å². The number of ketones is 1. The van der Waals surface area contributed by atoms with Crippen molar-refractivity contribution in [3.8, 4) is 0 Å². The van der Waals surface area contributed by atoms with Crippen molar-refractivity contribution in [1.82, 2.24) is 0 Å². The molecule has 0 saturated carbocycles. The number of Topliss-reactive ketones (excluding diaryl/α,β-unsaturated/α-hetero) is 1. The first-order valence-electron chi connectivity index (χ1n) is 13.9. The fraction of sp³-hybridized carbons (Fsp3) is 0.455. The van der Waals surface area contributed by atoms with E-state index in [4.69, 9.17) is 18.6 Å². The molecule has 1 aromatic heterocycles. The van der Waals surface area contributed by atoms with Crippen molar-refractivity contribution >= 4 is 23.7 Å². The number of esters is 3. The number of allylic oxidation sites excluding steroid dienone is 6. The normalized spacial score (nSPS) is 28.5. The fourth-order valence-electron chi connectivity index (χ4n) is 6.31. The van der Waals surface area contributed by atoms with Gasteiger partial charge in [-0.15, -0.1) is 0 Å². The molecular formula is C33H38O8. The van der Waals surface area contributed by atoms with E-state index >= 15 is 0 Å². The molecule has 218 valence electrons. The van der Waals surface area contributed by atoms with Gasteiger partial charge in [0, 0.05) is 18.8 Å². The summed E-state index contributed by atoms with van der Waals surface area (Å²) in [5.74, 6) is -2.94. The monoisotopic (exact) mass is 562 g/mol. The molecule has 0 saturated heterocycles. The summed E-state index contributed by atoms with van der Waals surface area (Å²) in [6.45, 7) is 10.3. The molecular weight excluding hydrogens is 524 g/mol. The molecule has 4 rings (SSSR count). The molecule has 0 spiro atoms. The predicted octanol–water partition coefficient (Wildman–Crippen LogP) is 5.72. The zero-order chi connectivity index (χ0) is 30.1. The van der Waals surface area contributed by atoms with Crippen molar-refractivity contribution in [1.29, 1.82) is 0 Å². The first kappa shape index (κ1) is 30.0. The van der Waals surface area contributed by atoms with Crippen LogP contribution in [0.1, 0.15) is 65.9 Å². The average molecular weight is 563 g/mol. The number of methoxy groups -OCH3 is 1. The van der Waals surface area contributed by atoms with Gasteiger partial charge in [-0.1, -0.05) is 17.7 Å². The minimum absolute atomic E-state index is 0.0668. The molecule has 1 aromatic rings. The Bertz CT molecular complexity index is 1380. The van der Waals surface area contributed by atoms with Gasteiger partial charge < -0.3 is 18.6 Å². The van der Waals surface area contributed by atoms with E-state index in [1.54, 1.807) is 57.6 Å². The first-order chi connectivity index (χ1) is 19.4. The predicted molar refractivity (Wildman–Crippen MR) is 151 cm³/mol. The van der Waals surface area contributed by atoms with Gasteiger partial charge in [-0.2, -0.15) is 0 Å². The fourth-order valence-corrected chi connectivity index (χ4v) is 6.31. The van der Waals surface area contributed by atoms with Crippen LogP contribution in [0.3, 0.4) is 0 Å². The quantitative estimate of drug-likeness (QED) is 0.236. The van der Waals surface area contributed by atoms with E-state index in [0.29, 0.717) is 23.1 Å². The Kier molecular flexibility index (Phi) is 8.71. The molecule has 0 aromatic carbocycles. The second-order valence-corrected chi connectivity index (χ2v) is 11.5. The largest absolute Gasteiger partial charge is 0.472 e.